The molecule has 12 heavy (non-hydrogen) atoms. The van der Waals surface area contributed by atoms with Crippen LogP contribution in [0, 0.1) is 0 Å². The number of carbonyl (C=O) groups is 1. The van der Waals surface area contributed by atoms with Crippen molar-refractivity contribution in [3.8, 4) is 0 Å². The third-order valence-electron chi connectivity index (χ3n) is 1.78. The molecular weight excluding hydrogens is 158 g/mol. The van der Waals surface area contributed by atoms with Crippen LogP contribution in [0.4, 0.5) is 0 Å². The van der Waals surface area contributed by atoms with Gasteiger partial charge in [0.05, 0.1) is 12.1 Å². The van der Waals surface area contributed by atoms with Crippen molar-refractivity contribution in [3.63, 3.8) is 0 Å². The molecule has 1 aromatic heterocycles. The second-order valence-electron chi connectivity index (χ2n) is 2.62. The molecule has 1 atom stereocenters. The van der Waals surface area contributed by atoms with Crippen LogP contribution in [0.5, 0.6) is 0 Å². The first-order valence-electron chi connectivity index (χ1n) is 3.84. The fourth-order valence-corrected chi connectivity index (χ4v) is 1.09. The Balaban J connectivity index is 2.63. The molecule has 4 nitrogen and oxygen atoms in total. The van der Waals surface area contributed by atoms with Crippen molar-refractivity contribution in [2.45, 2.75) is 25.7 Å². The smallest absolute Gasteiger partial charge is 0.304 e. The Morgan fingerprint density at radius 2 is 2.58 bits per heavy atom. The van der Waals surface area contributed by atoms with E-state index in [4.69, 9.17) is 9.52 Å². The SMILES string of the molecule is CCC(CC(=O)O)c1cocn1. The van der Waals surface area contributed by atoms with Crippen LogP contribution in [0.15, 0.2) is 17.1 Å². The number of rotatable bonds is 4. The molecule has 0 aromatic carbocycles. The number of oxazole rings is 1. The van der Waals surface area contributed by atoms with Crippen molar-refractivity contribution in [1.82, 2.24) is 4.98 Å². The summed E-state index contributed by atoms with van der Waals surface area (Å²) in [6, 6.07) is 0. The van der Waals surface area contributed by atoms with Gasteiger partial charge >= 0.3 is 5.97 Å². The van der Waals surface area contributed by atoms with Crippen LogP contribution < -0.4 is 0 Å². The lowest BCUT2D eigenvalue weighted by Crippen LogP contribution is -2.05. The van der Waals surface area contributed by atoms with Crippen LogP contribution in [0.2, 0.25) is 0 Å². The molecule has 0 saturated heterocycles. The van der Waals surface area contributed by atoms with Gasteiger partial charge in [0.25, 0.3) is 0 Å². The van der Waals surface area contributed by atoms with Gasteiger partial charge in [0, 0.05) is 5.92 Å². The van der Waals surface area contributed by atoms with Gasteiger partial charge < -0.3 is 9.52 Å². The van der Waals surface area contributed by atoms with Gasteiger partial charge in [0.15, 0.2) is 6.39 Å². The predicted molar refractivity (Wildman–Crippen MR) is 41.8 cm³/mol. The Morgan fingerprint density at radius 1 is 1.83 bits per heavy atom. The van der Waals surface area contributed by atoms with E-state index in [-0.39, 0.29) is 12.3 Å². The zero-order chi connectivity index (χ0) is 8.97. The third-order valence-corrected chi connectivity index (χ3v) is 1.78. The van der Waals surface area contributed by atoms with E-state index in [2.05, 4.69) is 4.98 Å². The standard InChI is InChI=1S/C8H11NO3/c1-2-6(3-8(10)11)7-4-12-5-9-7/h4-6H,2-3H2,1H3,(H,10,11). The topological polar surface area (TPSA) is 63.3 Å². The number of aliphatic carboxylic acids is 1. The normalized spacial score (nSPS) is 12.8. The molecule has 0 spiro atoms. The molecule has 0 aliphatic rings. The number of hydrogen-bond acceptors (Lipinski definition) is 3. The van der Waals surface area contributed by atoms with Gasteiger partial charge in [-0.2, -0.15) is 0 Å². The summed E-state index contributed by atoms with van der Waals surface area (Å²) in [7, 11) is 0. The zero-order valence-electron chi connectivity index (χ0n) is 6.86. The Morgan fingerprint density at radius 3 is 3.00 bits per heavy atom. The van der Waals surface area contributed by atoms with Crippen molar-refractivity contribution < 1.29 is 14.3 Å². The number of carboxylic acid groups (broad SMARTS) is 1. The van der Waals surface area contributed by atoms with Gasteiger partial charge in [0.2, 0.25) is 0 Å². The average molecular weight is 169 g/mol. The minimum atomic E-state index is -0.801. The molecule has 1 rings (SSSR count). The number of nitrogens with zero attached hydrogens (tertiary/aromatic N) is 1. The first kappa shape index (κ1) is 8.77. The molecule has 0 amide bonds. The largest absolute Gasteiger partial charge is 0.481 e. The molecular formula is C8H11NO3. The lowest BCUT2D eigenvalue weighted by atomic mass is 10.00. The summed E-state index contributed by atoms with van der Waals surface area (Å²) in [5.74, 6) is -0.828. The molecule has 0 aliphatic carbocycles. The van der Waals surface area contributed by atoms with Crippen LogP contribution in [-0.2, 0) is 4.79 Å². The van der Waals surface area contributed by atoms with Crippen molar-refractivity contribution in [2.24, 2.45) is 0 Å². The van der Waals surface area contributed by atoms with Crippen LogP contribution in [-0.4, -0.2) is 16.1 Å². The molecule has 0 bridgehead atoms. The second-order valence-corrected chi connectivity index (χ2v) is 2.62. The Hall–Kier alpha value is -1.32. The highest BCUT2D eigenvalue weighted by Crippen LogP contribution is 2.20. The van der Waals surface area contributed by atoms with Gasteiger partial charge in [0.1, 0.15) is 6.26 Å². The van der Waals surface area contributed by atoms with E-state index < -0.39 is 5.97 Å². The highest BCUT2D eigenvalue weighted by Gasteiger charge is 2.15. The van der Waals surface area contributed by atoms with Crippen molar-refractivity contribution >= 4 is 5.97 Å². The highest BCUT2D eigenvalue weighted by molar-refractivity contribution is 5.67. The highest BCUT2D eigenvalue weighted by atomic mass is 16.4. The lowest BCUT2D eigenvalue weighted by molar-refractivity contribution is -0.137. The van der Waals surface area contributed by atoms with Gasteiger partial charge in [-0.1, -0.05) is 6.92 Å². The number of hydrogen-bond donors (Lipinski definition) is 1. The molecule has 0 fully saturated rings. The molecule has 0 saturated carbocycles. The summed E-state index contributed by atoms with van der Waals surface area (Å²) >= 11 is 0. The summed E-state index contributed by atoms with van der Waals surface area (Å²) in [4.78, 5) is 14.3. The summed E-state index contributed by atoms with van der Waals surface area (Å²) in [5, 5.41) is 8.56. The molecule has 0 aliphatic heterocycles. The molecule has 1 unspecified atom stereocenters. The van der Waals surface area contributed by atoms with Crippen LogP contribution in [0.1, 0.15) is 31.4 Å². The quantitative estimate of drug-likeness (QED) is 0.744. The Kier molecular flexibility index (Phi) is 2.85. The van der Waals surface area contributed by atoms with E-state index in [0.29, 0.717) is 0 Å². The molecule has 4 heteroatoms. The van der Waals surface area contributed by atoms with E-state index >= 15 is 0 Å². The molecule has 1 heterocycles. The molecule has 0 radical (unpaired) electrons. The first-order valence-corrected chi connectivity index (χ1v) is 3.84. The van der Waals surface area contributed by atoms with Crippen LogP contribution >= 0.6 is 0 Å². The number of carboxylic acids is 1. The molecule has 66 valence electrons. The van der Waals surface area contributed by atoms with E-state index in [1.807, 2.05) is 6.92 Å². The molecule has 1 aromatic rings. The van der Waals surface area contributed by atoms with Gasteiger partial charge in [-0.15, -0.1) is 0 Å². The van der Waals surface area contributed by atoms with E-state index in [1.165, 1.54) is 12.7 Å². The second kappa shape index (κ2) is 3.90. The fraction of sp³-hybridized carbons (Fsp3) is 0.500. The maximum absolute atomic E-state index is 10.4. The van der Waals surface area contributed by atoms with Gasteiger partial charge in [-0.05, 0) is 6.42 Å². The van der Waals surface area contributed by atoms with Crippen LogP contribution in [0.25, 0.3) is 0 Å². The maximum Gasteiger partial charge on any atom is 0.304 e. The third kappa shape index (κ3) is 2.08. The van der Waals surface area contributed by atoms with E-state index in [1.54, 1.807) is 0 Å². The minimum Gasteiger partial charge on any atom is -0.481 e. The summed E-state index contributed by atoms with van der Waals surface area (Å²) in [6.07, 6.45) is 3.69. The molecule has 1 N–H and O–H groups in total. The van der Waals surface area contributed by atoms with E-state index in [9.17, 15) is 4.79 Å². The number of aromatic nitrogens is 1. The lowest BCUT2D eigenvalue weighted by Gasteiger charge is -2.06. The first-order chi connectivity index (χ1) is 5.74. The van der Waals surface area contributed by atoms with Crippen molar-refractivity contribution in [2.75, 3.05) is 0 Å². The summed E-state index contributed by atoms with van der Waals surface area (Å²) < 4.78 is 4.77. The van der Waals surface area contributed by atoms with Gasteiger partial charge in [-0.25, -0.2) is 4.98 Å². The monoisotopic (exact) mass is 169 g/mol. The van der Waals surface area contributed by atoms with Crippen LogP contribution in [0.3, 0.4) is 0 Å². The fourth-order valence-electron chi connectivity index (χ4n) is 1.09. The van der Waals surface area contributed by atoms with Crippen molar-refractivity contribution in [1.29, 1.82) is 0 Å². The minimum absolute atomic E-state index is 0.0266. The Labute approximate surface area is 70.2 Å². The summed E-state index contributed by atoms with van der Waals surface area (Å²) in [6.45, 7) is 1.93. The predicted octanol–water partition coefficient (Wildman–Crippen LogP) is 1.64. The average Bonchev–Trinajstić information content (AvgIpc) is 2.51. The zero-order valence-corrected chi connectivity index (χ0v) is 6.86. The van der Waals surface area contributed by atoms with Gasteiger partial charge in [-0.3, -0.25) is 4.79 Å². The Bertz CT molecular complexity index is 243. The van der Waals surface area contributed by atoms with E-state index in [0.717, 1.165) is 12.1 Å². The maximum atomic E-state index is 10.4. The van der Waals surface area contributed by atoms with Crippen molar-refractivity contribution in [3.05, 3.63) is 18.4 Å². The summed E-state index contributed by atoms with van der Waals surface area (Å²) in [5.41, 5.74) is 0.722.